The van der Waals surface area contributed by atoms with E-state index < -0.39 is 0 Å². The first-order valence-corrected chi connectivity index (χ1v) is 6.83. The molecular formula is C15H12N2OS. The van der Waals surface area contributed by atoms with E-state index in [0.717, 1.165) is 15.9 Å². The number of aromatic amines is 1. The number of benzene rings is 1. The van der Waals surface area contributed by atoms with E-state index in [1.807, 2.05) is 42.6 Å². The van der Waals surface area contributed by atoms with Crippen molar-refractivity contribution < 1.29 is 0 Å². The van der Waals surface area contributed by atoms with Gasteiger partial charge in [0.15, 0.2) is 0 Å². The van der Waals surface area contributed by atoms with Gasteiger partial charge in [0.05, 0.1) is 11.0 Å². The first kappa shape index (κ1) is 11.9. The lowest BCUT2D eigenvalue weighted by Crippen LogP contribution is -2.11. The molecule has 3 nitrogen and oxygen atoms in total. The number of rotatable bonds is 2. The Morgan fingerprint density at radius 3 is 2.84 bits per heavy atom. The van der Waals surface area contributed by atoms with E-state index >= 15 is 0 Å². The van der Waals surface area contributed by atoms with Crippen LogP contribution in [0.25, 0.3) is 23.2 Å². The van der Waals surface area contributed by atoms with E-state index in [2.05, 4.69) is 16.0 Å². The Morgan fingerprint density at radius 2 is 2.05 bits per heavy atom. The molecule has 0 fully saturated rings. The lowest BCUT2D eigenvalue weighted by Gasteiger charge is -1.98. The molecule has 0 saturated heterocycles. The Kier molecular flexibility index (Phi) is 3.01. The second kappa shape index (κ2) is 4.82. The molecule has 19 heavy (non-hydrogen) atoms. The van der Waals surface area contributed by atoms with Crippen LogP contribution in [0.3, 0.4) is 0 Å². The number of nitrogens with one attached hydrogen (secondary N) is 1. The number of aryl methyl sites for hydroxylation is 1. The van der Waals surface area contributed by atoms with Crippen molar-refractivity contribution in [2.75, 3.05) is 0 Å². The molecule has 0 amide bonds. The fourth-order valence-corrected chi connectivity index (χ4v) is 2.69. The fraction of sp³-hybridized carbons (Fsp3) is 0.0667. The van der Waals surface area contributed by atoms with Crippen molar-refractivity contribution in [2.24, 2.45) is 0 Å². The monoisotopic (exact) mass is 268 g/mol. The number of hydrogen-bond acceptors (Lipinski definition) is 3. The zero-order chi connectivity index (χ0) is 13.2. The van der Waals surface area contributed by atoms with Crippen molar-refractivity contribution in [2.45, 2.75) is 6.92 Å². The summed E-state index contributed by atoms with van der Waals surface area (Å²) in [6, 6.07) is 9.58. The van der Waals surface area contributed by atoms with Crippen LogP contribution >= 0.6 is 11.3 Å². The highest BCUT2D eigenvalue weighted by Crippen LogP contribution is 2.18. The molecule has 3 rings (SSSR count). The number of thiophene rings is 1. The molecule has 4 heteroatoms. The minimum absolute atomic E-state index is 0.163. The molecule has 0 spiro atoms. The first-order chi connectivity index (χ1) is 9.24. The van der Waals surface area contributed by atoms with Gasteiger partial charge >= 0.3 is 0 Å². The topological polar surface area (TPSA) is 45.8 Å². The van der Waals surface area contributed by atoms with Crippen LogP contribution in [0.2, 0.25) is 0 Å². The second-order valence-electron chi connectivity index (χ2n) is 4.27. The third-order valence-corrected chi connectivity index (χ3v) is 3.90. The number of H-pyrrole nitrogens is 1. The van der Waals surface area contributed by atoms with Gasteiger partial charge in [-0.1, -0.05) is 12.1 Å². The average molecular weight is 268 g/mol. The van der Waals surface area contributed by atoms with E-state index in [9.17, 15) is 4.79 Å². The quantitative estimate of drug-likeness (QED) is 0.773. The third-order valence-electron chi connectivity index (χ3n) is 2.92. The summed E-state index contributed by atoms with van der Waals surface area (Å²) in [5.41, 5.74) is 3.04. The molecule has 0 aliphatic rings. The van der Waals surface area contributed by atoms with Crippen LogP contribution < -0.4 is 5.56 Å². The van der Waals surface area contributed by atoms with E-state index in [0.29, 0.717) is 5.69 Å². The highest BCUT2D eigenvalue weighted by atomic mass is 32.1. The molecule has 0 unspecified atom stereocenters. The first-order valence-electron chi connectivity index (χ1n) is 5.95. The molecule has 2 aromatic heterocycles. The summed E-state index contributed by atoms with van der Waals surface area (Å²) in [7, 11) is 0. The standard InChI is InChI=1S/C15H12N2OS/c1-10-8-9-19-14(10)7-6-13-15(18)17-12-5-3-2-4-11(12)16-13/h2-9H,1H3,(H,17,18)/b7-6+. The van der Waals surface area contributed by atoms with Crippen LogP contribution in [0.15, 0.2) is 40.5 Å². The van der Waals surface area contributed by atoms with Gasteiger partial charge in [-0.3, -0.25) is 4.79 Å². The van der Waals surface area contributed by atoms with Crippen molar-refractivity contribution in [3.63, 3.8) is 0 Å². The largest absolute Gasteiger partial charge is 0.319 e. The Balaban J connectivity index is 2.06. The highest BCUT2D eigenvalue weighted by Gasteiger charge is 2.01. The third kappa shape index (κ3) is 2.35. The van der Waals surface area contributed by atoms with E-state index in [1.165, 1.54) is 5.56 Å². The van der Waals surface area contributed by atoms with E-state index in [1.54, 1.807) is 17.4 Å². The number of fused-ring (bicyclic) bond motifs is 1. The molecule has 3 aromatic rings. The molecule has 2 heterocycles. The average Bonchev–Trinajstić information content (AvgIpc) is 2.82. The minimum Gasteiger partial charge on any atom is -0.319 e. The summed E-state index contributed by atoms with van der Waals surface area (Å²) in [6.45, 7) is 2.05. The highest BCUT2D eigenvalue weighted by molar-refractivity contribution is 7.11. The molecule has 0 aliphatic carbocycles. The van der Waals surface area contributed by atoms with Gasteiger partial charge in [-0.2, -0.15) is 0 Å². The van der Waals surface area contributed by atoms with Crippen molar-refractivity contribution in [3.05, 3.63) is 62.2 Å². The SMILES string of the molecule is Cc1ccsc1/C=C/c1nc2ccccc2[nH]c1=O. The molecule has 0 bridgehead atoms. The van der Waals surface area contributed by atoms with Crippen LogP contribution in [0.1, 0.15) is 16.1 Å². The van der Waals surface area contributed by atoms with Crippen molar-refractivity contribution in [3.8, 4) is 0 Å². The number of nitrogens with zero attached hydrogens (tertiary/aromatic N) is 1. The zero-order valence-electron chi connectivity index (χ0n) is 10.4. The van der Waals surface area contributed by atoms with Crippen LogP contribution in [0.4, 0.5) is 0 Å². The number of aromatic nitrogens is 2. The number of para-hydroxylation sites is 2. The van der Waals surface area contributed by atoms with Gasteiger partial charge in [0.1, 0.15) is 5.69 Å². The van der Waals surface area contributed by atoms with Gasteiger partial charge in [-0.15, -0.1) is 11.3 Å². The van der Waals surface area contributed by atoms with Gasteiger partial charge < -0.3 is 4.98 Å². The van der Waals surface area contributed by atoms with Crippen LogP contribution in [0.5, 0.6) is 0 Å². The lowest BCUT2D eigenvalue weighted by molar-refractivity contribution is 1.19. The number of hydrogen-bond donors (Lipinski definition) is 1. The summed E-state index contributed by atoms with van der Waals surface area (Å²) >= 11 is 1.65. The van der Waals surface area contributed by atoms with Gasteiger partial charge in [0.2, 0.25) is 0 Å². The zero-order valence-corrected chi connectivity index (χ0v) is 11.2. The Labute approximate surface area is 114 Å². The molecular weight excluding hydrogens is 256 g/mol. The molecule has 0 radical (unpaired) electrons. The minimum atomic E-state index is -0.163. The van der Waals surface area contributed by atoms with Crippen LogP contribution in [-0.2, 0) is 0 Å². The second-order valence-corrected chi connectivity index (χ2v) is 5.22. The maximum atomic E-state index is 11.9. The predicted molar refractivity (Wildman–Crippen MR) is 80.3 cm³/mol. The molecule has 94 valence electrons. The lowest BCUT2D eigenvalue weighted by atomic mass is 10.2. The molecule has 0 saturated carbocycles. The summed E-state index contributed by atoms with van der Waals surface area (Å²) < 4.78 is 0. The van der Waals surface area contributed by atoms with Crippen molar-refractivity contribution >= 4 is 34.5 Å². The van der Waals surface area contributed by atoms with Crippen molar-refractivity contribution in [1.29, 1.82) is 0 Å². The summed E-state index contributed by atoms with van der Waals surface area (Å²) in [5, 5.41) is 2.03. The van der Waals surface area contributed by atoms with Gasteiger partial charge in [0, 0.05) is 4.88 Å². The molecule has 0 atom stereocenters. The van der Waals surface area contributed by atoms with E-state index in [4.69, 9.17) is 0 Å². The van der Waals surface area contributed by atoms with Gasteiger partial charge in [0.25, 0.3) is 5.56 Å². The van der Waals surface area contributed by atoms with Gasteiger partial charge in [-0.25, -0.2) is 4.98 Å². The predicted octanol–water partition coefficient (Wildman–Crippen LogP) is 3.46. The van der Waals surface area contributed by atoms with E-state index in [-0.39, 0.29) is 5.56 Å². The fourth-order valence-electron chi connectivity index (χ4n) is 1.87. The summed E-state index contributed by atoms with van der Waals surface area (Å²) in [4.78, 5) is 20.3. The smallest absolute Gasteiger partial charge is 0.274 e. The maximum absolute atomic E-state index is 11.9. The molecule has 0 aliphatic heterocycles. The Bertz CT molecular complexity index is 814. The molecule has 1 aromatic carbocycles. The Morgan fingerprint density at radius 1 is 1.21 bits per heavy atom. The molecule has 1 N–H and O–H groups in total. The summed E-state index contributed by atoms with van der Waals surface area (Å²) in [6.07, 6.45) is 3.70. The van der Waals surface area contributed by atoms with Crippen LogP contribution in [-0.4, -0.2) is 9.97 Å². The maximum Gasteiger partial charge on any atom is 0.274 e. The van der Waals surface area contributed by atoms with Gasteiger partial charge in [-0.05, 0) is 48.2 Å². The Hall–Kier alpha value is -2.20. The summed E-state index contributed by atoms with van der Waals surface area (Å²) in [5.74, 6) is 0. The van der Waals surface area contributed by atoms with Crippen LogP contribution in [0, 0.1) is 6.92 Å². The van der Waals surface area contributed by atoms with Crippen molar-refractivity contribution in [1.82, 2.24) is 9.97 Å². The normalized spacial score (nSPS) is 11.4.